The minimum atomic E-state index is -0.820. The average molecular weight is 501 g/mol. The van der Waals surface area contributed by atoms with Crippen molar-refractivity contribution in [1.82, 2.24) is 9.55 Å². The Labute approximate surface area is 205 Å². The van der Waals surface area contributed by atoms with E-state index in [-0.39, 0.29) is 24.6 Å². The zero-order valence-corrected chi connectivity index (χ0v) is 20.0. The summed E-state index contributed by atoms with van der Waals surface area (Å²) in [6, 6.07) is 13.9. The summed E-state index contributed by atoms with van der Waals surface area (Å²) in [4.78, 5) is 53.0. The average Bonchev–Trinajstić information content (AvgIpc) is 2.84. The third kappa shape index (κ3) is 6.30. The van der Waals surface area contributed by atoms with Gasteiger partial charge in [-0.15, -0.1) is 0 Å². The minimum absolute atomic E-state index is 0.0494. The van der Waals surface area contributed by atoms with Crippen LogP contribution in [0.4, 0.5) is 11.5 Å². The lowest BCUT2D eigenvalue weighted by Crippen LogP contribution is -2.42. The Balaban J connectivity index is 1.70. The van der Waals surface area contributed by atoms with E-state index in [2.05, 4.69) is 4.98 Å². The fourth-order valence-electron chi connectivity index (χ4n) is 3.33. The smallest absolute Gasteiger partial charge is 0.344 e. The van der Waals surface area contributed by atoms with Gasteiger partial charge in [0.05, 0.1) is 6.54 Å². The Morgan fingerprint density at radius 2 is 1.83 bits per heavy atom. The van der Waals surface area contributed by atoms with Crippen LogP contribution in [0.3, 0.4) is 0 Å². The zero-order chi connectivity index (χ0) is 25.5. The van der Waals surface area contributed by atoms with Crippen LogP contribution in [0.15, 0.2) is 58.1 Å². The van der Waals surface area contributed by atoms with Crippen LogP contribution in [0, 0.1) is 6.92 Å². The van der Waals surface area contributed by atoms with Crippen molar-refractivity contribution in [3.05, 3.63) is 85.5 Å². The van der Waals surface area contributed by atoms with E-state index >= 15 is 0 Å². The Bertz CT molecular complexity index is 1340. The van der Waals surface area contributed by atoms with Crippen molar-refractivity contribution in [1.29, 1.82) is 0 Å². The Kier molecular flexibility index (Phi) is 8.32. The van der Waals surface area contributed by atoms with Gasteiger partial charge in [-0.3, -0.25) is 19.1 Å². The molecule has 3 rings (SSSR count). The second-order valence-electron chi connectivity index (χ2n) is 7.56. The number of benzene rings is 2. The quantitative estimate of drug-likeness (QED) is 0.429. The normalized spacial score (nSPS) is 10.6. The number of nitrogens with one attached hydrogen (secondary N) is 1. The molecule has 0 bridgehead atoms. The first-order valence-corrected chi connectivity index (χ1v) is 11.1. The second kappa shape index (κ2) is 11.4. The summed E-state index contributed by atoms with van der Waals surface area (Å²) in [5.74, 6) is -1.22. The van der Waals surface area contributed by atoms with Gasteiger partial charge >= 0.3 is 11.7 Å². The van der Waals surface area contributed by atoms with E-state index < -0.39 is 36.3 Å². The van der Waals surface area contributed by atoms with Gasteiger partial charge in [-0.05, 0) is 43.2 Å². The number of aromatic nitrogens is 2. The molecule has 1 heterocycles. The molecule has 0 saturated heterocycles. The van der Waals surface area contributed by atoms with Crippen LogP contribution in [0.25, 0.3) is 0 Å². The summed E-state index contributed by atoms with van der Waals surface area (Å²) in [5.41, 5.74) is 5.99. The van der Waals surface area contributed by atoms with E-state index in [0.29, 0.717) is 10.8 Å². The third-order valence-corrected chi connectivity index (χ3v) is 5.55. The topological polar surface area (TPSA) is 137 Å². The van der Waals surface area contributed by atoms with Crippen LogP contribution in [-0.2, 0) is 20.9 Å². The van der Waals surface area contributed by atoms with Gasteiger partial charge in [0.25, 0.3) is 11.5 Å². The SMILES string of the molecule is CCN(C(=O)COC(=O)COc1ccc(Cl)c(C)c1)c1c(N)n(Cc2ccccc2)c(=O)[nH]c1=O. The first kappa shape index (κ1) is 25.6. The van der Waals surface area contributed by atoms with Crippen molar-refractivity contribution < 1.29 is 19.1 Å². The lowest BCUT2D eigenvalue weighted by Gasteiger charge is -2.23. The highest BCUT2D eigenvalue weighted by atomic mass is 35.5. The predicted molar refractivity (Wildman–Crippen MR) is 132 cm³/mol. The number of H-pyrrole nitrogens is 1. The van der Waals surface area contributed by atoms with Gasteiger partial charge in [0.1, 0.15) is 11.6 Å². The van der Waals surface area contributed by atoms with E-state index in [9.17, 15) is 19.2 Å². The van der Waals surface area contributed by atoms with Crippen LogP contribution in [0.1, 0.15) is 18.1 Å². The van der Waals surface area contributed by atoms with Crippen molar-refractivity contribution in [2.45, 2.75) is 20.4 Å². The molecule has 1 aromatic heterocycles. The zero-order valence-electron chi connectivity index (χ0n) is 19.2. The largest absolute Gasteiger partial charge is 0.482 e. The Morgan fingerprint density at radius 1 is 1.11 bits per heavy atom. The molecule has 184 valence electrons. The number of aromatic amines is 1. The molecule has 0 aliphatic carbocycles. The maximum absolute atomic E-state index is 12.8. The Hall–Kier alpha value is -4.05. The molecule has 3 aromatic rings. The lowest BCUT2D eigenvalue weighted by molar-refractivity contribution is -0.149. The van der Waals surface area contributed by atoms with Crippen molar-refractivity contribution in [3.63, 3.8) is 0 Å². The number of anilines is 2. The maximum atomic E-state index is 12.8. The van der Waals surface area contributed by atoms with Crippen LogP contribution in [0.5, 0.6) is 5.75 Å². The van der Waals surface area contributed by atoms with E-state index in [0.717, 1.165) is 20.6 Å². The minimum Gasteiger partial charge on any atom is -0.482 e. The van der Waals surface area contributed by atoms with E-state index in [1.165, 1.54) is 0 Å². The first-order chi connectivity index (χ1) is 16.7. The standard InChI is InChI=1S/C24H25ClN4O6/c1-3-28(19(30)13-35-20(31)14-34-17-9-10-18(25)15(2)11-17)21-22(26)29(24(33)27-23(21)32)12-16-7-5-4-6-8-16/h4-11H,3,12-14,26H2,1-2H3,(H,27,32,33). The Morgan fingerprint density at radius 3 is 2.49 bits per heavy atom. The van der Waals surface area contributed by atoms with Gasteiger partial charge in [-0.25, -0.2) is 9.59 Å². The molecular weight excluding hydrogens is 476 g/mol. The molecule has 1 amide bonds. The number of nitrogen functional groups attached to an aromatic ring is 1. The monoisotopic (exact) mass is 500 g/mol. The maximum Gasteiger partial charge on any atom is 0.344 e. The van der Waals surface area contributed by atoms with Crippen molar-refractivity contribution in [2.24, 2.45) is 0 Å². The van der Waals surface area contributed by atoms with E-state index in [4.69, 9.17) is 26.8 Å². The number of hydrogen-bond acceptors (Lipinski definition) is 7. The molecule has 11 heteroatoms. The van der Waals surface area contributed by atoms with Crippen LogP contribution in [-0.4, -0.2) is 41.2 Å². The number of carbonyl (C=O) groups is 2. The fourth-order valence-corrected chi connectivity index (χ4v) is 3.45. The van der Waals surface area contributed by atoms with Gasteiger partial charge in [0.2, 0.25) is 0 Å². The molecule has 10 nitrogen and oxygen atoms in total. The lowest BCUT2D eigenvalue weighted by atomic mass is 10.2. The molecular formula is C24H25ClN4O6. The van der Waals surface area contributed by atoms with Gasteiger partial charge in [-0.1, -0.05) is 41.9 Å². The number of rotatable bonds is 9. The number of hydrogen-bond donors (Lipinski definition) is 2. The molecule has 0 radical (unpaired) electrons. The van der Waals surface area contributed by atoms with Crippen LogP contribution in [0.2, 0.25) is 5.02 Å². The molecule has 0 aliphatic rings. The molecule has 0 spiro atoms. The van der Waals surface area contributed by atoms with Crippen LogP contribution >= 0.6 is 11.6 Å². The summed E-state index contributed by atoms with van der Waals surface area (Å²) in [7, 11) is 0. The van der Waals surface area contributed by atoms with Crippen molar-refractivity contribution in [2.75, 3.05) is 30.4 Å². The number of aryl methyl sites for hydroxylation is 1. The number of ether oxygens (including phenoxy) is 2. The van der Waals surface area contributed by atoms with Gasteiger partial charge in [-0.2, -0.15) is 0 Å². The molecule has 2 aromatic carbocycles. The predicted octanol–water partition coefficient (Wildman–Crippen LogP) is 2.10. The summed E-state index contributed by atoms with van der Waals surface area (Å²) >= 11 is 5.96. The molecule has 0 aliphatic heterocycles. The first-order valence-electron chi connectivity index (χ1n) is 10.7. The number of halogens is 1. The molecule has 0 saturated carbocycles. The summed E-state index contributed by atoms with van der Waals surface area (Å²) in [5, 5.41) is 0.564. The number of nitrogens with zero attached hydrogens (tertiary/aromatic N) is 2. The molecule has 35 heavy (non-hydrogen) atoms. The summed E-state index contributed by atoms with van der Waals surface area (Å²) in [6.45, 7) is 2.49. The van der Waals surface area contributed by atoms with E-state index in [1.54, 1.807) is 56.3 Å². The fraction of sp³-hybridized carbons (Fsp3) is 0.250. The highest BCUT2D eigenvalue weighted by Gasteiger charge is 2.24. The van der Waals surface area contributed by atoms with Crippen molar-refractivity contribution >= 4 is 35.0 Å². The van der Waals surface area contributed by atoms with Gasteiger partial charge in [0.15, 0.2) is 18.9 Å². The molecule has 0 unspecified atom stereocenters. The molecule has 0 atom stereocenters. The van der Waals surface area contributed by atoms with Gasteiger partial charge < -0.3 is 20.1 Å². The molecule has 3 N–H and O–H groups in total. The third-order valence-electron chi connectivity index (χ3n) is 5.13. The highest BCUT2D eigenvalue weighted by molar-refractivity contribution is 6.31. The van der Waals surface area contributed by atoms with Gasteiger partial charge in [0, 0.05) is 11.6 Å². The number of nitrogens with two attached hydrogens (primary N) is 1. The molecule has 0 fully saturated rings. The van der Waals surface area contributed by atoms with Crippen molar-refractivity contribution in [3.8, 4) is 5.75 Å². The summed E-state index contributed by atoms with van der Waals surface area (Å²) < 4.78 is 11.5. The van der Waals surface area contributed by atoms with Crippen LogP contribution < -0.4 is 26.6 Å². The second-order valence-corrected chi connectivity index (χ2v) is 7.97. The number of likely N-dealkylation sites (N-methyl/N-ethyl adjacent to an activating group) is 1. The number of esters is 1. The number of amides is 1. The summed E-state index contributed by atoms with van der Waals surface area (Å²) in [6.07, 6.45) is 0. The van der Waals surface area contributed by atoms with E-state index in [1.807, 2.05) is 6.07 Å². The number of carbonyl (C=O) groups excluding carboxylic acids is 2. The highest BCUT2D eigenvalue weighted by Crippen LogP contribution is 2.21.